The Hall–Kier alpha value is -1.55. The van der Waals surface area contributed by atoms with Gasteiger partial charge in [0.1, 0.15) is 24.4 Å². The van der Waals surface area contributed by atoms with E-state index in [0.717, 1.165) is 5.56 Å². The molecule has 1 heterocycles. The van der Waals surface area contributed by atoms with Gasteiger partial charge in [-0.05, 0) is 12.0 Å². The number of carboxylic acids is 1. The zero-order chi connectivity index (χ0) is 17.0. The van der Waals surface area contributed by atoms with Gasteiger partial charge in [-0.1, -0.05) is 30.3 Å². The second-order valence-electron chi connectivity index (χ2n) is 5.62. The molecule has 2 rings (SSSR count). The molecule has 6 N–H and O–H groups in total. The maximum atomic E-state index is 11.3. The SMILES string of the molecule is O=C(O)[C@@H](Cc1ccccc1)NCC1(O)OCC(O)C(O)C1O. The average molecular weight is 327 g/mol. The lowest BCUT2D eigenvalue weighted by Crippen LogP contribution is -2.65. The van der Waals surface area contributed by atoms with Crippen molar-refractivity contribution in [1.82, 2.24) is 5.32 Å². The summed E-state index contributed by atoms with van der Waals surface area (Å²) in [6.07, 6.45) is -4.48. The standard InChI is InChI=1S/C15H21NO7/c17-11-7-23-15(22,13(19)12(11)18)8-16-10(14(20)21)6-9-4-2-1-3-5-9/h1-5,10-13,16-19,22H,6-8H2,(H,20,21)/t10-,11?,12?,13?,15?/m1/s1. The number of hydrogen-bond acceptors (Lipinski definition) is 7. The number of aliphatic hydroxyl groups is 4. The van der Waals surface area contributed by atoms with Gasteiger partial charge >= 0.3 is 5.97 Å². The van der Waals surface area contributed by atoms with Gasteiger partial charge in [0.25, 0.3) is 0 Å². The first kappa shape index (κ1) is 17.8. The zero-order valence-electron chi connectivity index (χ0n) is 12.4. The third-order valence-electron chi connectivity index (χ3n) is 3.87. The van der Waals surface area contributed by atoms with Gasteiger partial charge in [0.15, 0.2) is 0 Å². The summed E-state index contributed by atoms with van der Waals surface area (Å²) in [5, 5.41) is 50.9. The van der Waals surface area contributed by atoms with E-state index in [2.05, 4.69) is 5.32 Å². The molecule has 0 radical (unpaired) electrons. The minimum Gasteiger partial charge on any atom is -0.480 e. The number of nitrogens with one attached hydrogen (secondary N) is 1. The van der Waals surface area contributed by atoms with Crippen molar-refractivity contribution in [2.75, 3.05) is 13.2 Å². The lowest BCUT2D eigenvalue weighted by atomic mass is 9.96. The van der Waals surface area contributed by atoms with Crippen molar-refractivity contribution in [3.63, 3.8) is 0 Å². The van der Waals surface area contributed by atoms with Crippen LogP contribution in [0.15, 0.2) is 30.3 Å². The van der Waals surface area contributed by atoms with Crippen LogP contribution in [-0.2, 0) is 16.0 Å². The monoisotopic (exact) mass is 327 g/mol. The number of carboxylic acid groups (broad SMARTS) is 1. The van der Waals surface area contributed by atoms with Crippen LogP contribution in [0.2, 0.25) is 0 Å². The fourth-order valence-corrected chi connectivity index (χ4v) is 2.41. The minimum atomic E-state index is -2.18. The maximum absolute atomic E-state index is 11.3. The Bertz CT molecular complexity index is 526. The number of ether oxygens (including phenoxy) is 1. The van der Waals surface area contributed by atoms with E-state index in [4.69, 9.17) is 4.74 Å². The fraction of sp³-hybridized carbons (Fsp3) is 0.533. The van der Waals surface area contributed by atoms with E-state index in [1.807, 2.05) is 6.07 Å². The van der Waals surface area contributed by atoms with E-state index in [1.54, 1.807) is 24.3 Å². The molecule has 0 bridgehead atoms. The lowest BCUT2D eigenvalue weighted by molar-refractivity contribution is -0.318. The molecule has 8 nitrogen and oxygen atoms in total. The highest BCUT2D eigenvalue weighted by molar-refractivity contribution is 5.73. The van der Waals surface area contributed by atoms with Crippen molar-refractivity contribution in [2.24, 2.45) is 0 Å². The second kappa shape index (κ2) is 7.35. The summed E-state index contributed by atoms with van der Waals surface area (Å²) in [7, 11) is 0. The molecule has 1 aliphatic rings. The number of benzene rings is 1. The summed E-state index contributed by atoms with van der Waals surface area (Å²) in [4.78, 5) is 11.3. The van der Waals surface area contributed by atoms with E-state index in [0.29, 0.717) is 0 Å². The van der Waals surface area contributed by atoms with E-state index in [1.165, 1.54) is 0 Å². The zero-order valence-corrected chi connectivity index (χ0v) is 12.4. The van der Waals surface area contributed by atoms with E-state index < -0.39 is 42.7 Å². The van der Waals surface area contributed by atoms with Crippen molar-refractivity contribution in [3.8, 4) is 0 Å². The molecule has 1 aliphatic heterocycles. The van der Waals surface area contributed by atoms with E-state index >= 15 is 0 Å². The molecular formula is C15H21NO7. The molecular weight excluding hydrogens is 306 g/mol. The number of rotatable bonds is 6. The Labute approximate surface area is 133 Å². The first-order valence-electron chi connectivity index (χ1n) is 7.24. The Morgan fingerprint density at radius 2 is 1.96 bits per heavy atom. The van der Waals surface area contributed by atoms with Crippen LogP contribution < -0.4 is 5.32 Å². The van der Waals surface area contributed by atoms with Crippen molar-refractivity contribution in [2.45, 2.75) is 36.6 Å². The molecule has 8 heteroatoms. The predicted molar refractivity (Wildman–Crippen MR) is 78.5 cm³/mol. The van der Waals surface area contributed by atoms with Gasteiger partial charge in [-0.25, -0.2) is 0 Å². The predicted octanol–water partition coefficient (Wildman–Crippen LogP) is -1.93. The van der Waals surface area contributed by atoms with E-state index in [-0.39, 0.29) is 13.0 Å². The molecule has 0 aromatic heterocycles. The summed E-state index contributed by atoms with van der Waals surface area (Å²) in [5.74, 6) is -3.30. The first-order valence-corrected chi connectivity index (χ1v) is 7.24. The number of carbonyl (C=O) groups is 1. The topological polar surface area (TPSA) is 139 Å². The molecule has 1 aromatic rings. The van der Waals surface area contributed by atoms with Crippen LogP contribution in [0.1, 0.15) is 5.56 Å². The van der Waals surface area contributed by atoms with Crippen molar-refractivity contribution in [3.05, 3.63) is 35.9 Å². The van der Waals surface area contributed by atoms with Crippen LogP contribution in [-0.4, -0.2) is 74.8 Å². The van der Waals surface area contributed by atoms with Crippen LogP contribution in [0.4, 0.5) is 0 Å². The number of hydrogen-bond donors (Lipinski definition) is 6. The molecule has 1 fully saturated rings. The molecule has 5 atom stereocenters. The largest absolute Gasteiger partial charge is 0.480 e. The van der Waals surface area contributed by atoms with Crippen LogP contribution in [0.3, 0.4) is 0 Å². The fourth-order valence-electron chi connectivity index (χ4n) is 2.41. The molecule has 0 spiro atoms. The van der Waals surface area contributed by atoms with Crippen LogP contribution in [0, 0.1) is 0 Å². The van der Waals surface area contributed by atoms with Gasteiger partial charge < -0.3 is 30.3 Å². The Kier molecular flexibility index (Phi) is 5.69. The molecule has 23 heavy (non-hydrogen) atoms. The highest BCUT2D eigenvalue weighted by atomic mass is 16.6. The average Bonchev–Trinajstić information content (AvgIpc) is 2.54. The van der Waals surface area contributed by atoms with Crippen LogP contribution >= 0.6 is 0 Å². The highest BCUT2D eigenvalue weighted by Crippen LogP contribution is 2.23. The van der Waals surface area contributed by atoms with Crippen molar-refractivity contribution >= 4 is 5.97 Å². The lowest BCUT2D eigenvalue weighted by Gasteiger charge is -2.42. The summed E-state index contributed by atoms with van der Waals surface area (Å²) < 4.78 is 4.98. The van der Waals surface area contributed by atoms with Crippen molar-refractivity contribution in [1.29, 1.82) is 0 Å². The van der Waals surface area contributed by atoms with Gasteiger partial charge in [-0.3, -0.25) is 10.1 Å². The summed E-state index contributed by atoms with van der Waals surface area (Å²) in [6, 6.07) is 7.92. The Morgan fingerprint density at radius 1 is 1.30 bits per heavy atom. The molecule has 1 saturated heterocycles. The van der Waals surface area contributed by atoms with Gasteiger partial charge in [0.2, 0.25) is 5.79 Å². The first-order chi connectivity index (χ1) is 10.8. The molecule has 0 saturated carbocycles. The van der Waals surface area contributed by atoms with E-state index in [9.17, 15) is 30.3 Å². The third-order valence-corrected chi connectivity index (χ3v) is 3.87. The molecule has 4 unspecified atom stereocenters. The van der Waals surface area contributed by atoms with Gasteiger partial charge in [-0.15, -0.1) is 0 Å². The Morgan fingerprint density at radius 3 is 2.57 bits per heavy atom. The molecule has 0 amide bonds. The molecule has 128 valence electrons. The maximum Gasteiger partial charge on any atom is 0.321 e. The van der Waals surface area contributed by atoms with Crippen LogP contribution in [0.25, 0.3) is 0 Å². The number of aliphatic carboxylic acids is 1. The molecule has 1 aromatic carbocycles. The third kappa shape index (κ3) is 4.25. The summed E-state index contributed by atoms with van der Waals surface area (Å²) in [5.41, 5.74) is 0.792. The second-order valence-corrected chi connectivity index (χ2v) is 5.62. The highest BCUT2D eigenvalue weighted by Gasteiger charge is 2.48. The van der Waals surface area contributed by atoms with Crippen molar-refractivity contribution < 1.29 is 35.1 Å². The smallest absolute Gasteiger partial charge is 0.321 e. The quantitative estimate of drug-likeness (QED) is 0.355. The normalized spacial score (nSPS) is 32.4. The van der Waals surface area contributed by atoms with Gasteiger partial charge in [0.05, 0.1) is 13.2 Å². The number of aliphatic hydroxyl groups excluding tert-OH is 3. The summed E-state index contributed by atoms with van der Waals surface area (Å²) >= 11 is 0. The summed E-state index contributed by atoms with van der Waals surface area (Å²) in [6.45, 7) is -0.783. The van der Waals surface area contributed by atoms with Gasteiger partial charge in [-0.2, -0.15) is 0 Å². The van der Waals surface area contributed by atoms with Gasteiger partial charge in [0, 0.05) is 0 Å². The molecule has 0 aliphatic carbocycles. The minimum absolute atomic E-state index is 0.174. The van der Waals surface area contributed by atoms with Crippen LogP contribution in [0.5, 0.6) is 0 Å². The Balaban J connectivity index is 1.99.